The summed E-state index contributed by atoms with van der Waals surface area (Å²) in [6.45, 7) is 3.85. The summed E-state index contributed by atoms with van der Waals surface area (Å²) in [4.78, 5) is 30.7. The molecule has 37 heavy (non-hydrogen) atoms. The molecule has 0 spiro atoms. The van der Waals surface area contributed by atoms with Crippen LogP contribution < -0.4 is 0 Å². The second kappa shape index (κ2) is 12.6. The van der Waals surface area contributed by atoms with Crippen molar-refractivity contribution in [2.24, 2.45) is 0 Å². The fourth-order valence-corrected chi connectivity index (χ4v) is 4.54. The van der Waals surface area contributed by atoms with Gasteiger partial charge in [-0.2, -0.15) is 0 Å². The van der Waals surface area contributed by atoms with Crippen molar-refractivity contribution < 1.29 is 14.3 Å². The van der Waals surface area contributed by atoms with Crippen molar-refractivity contribution in [1.29, 1.82) is 0 Å². The average molecular weight is 514 g/mol. The van der Waals surface area contributed by atoms with Gasteiger partial charge in [-0.25, -0.2) is 9.78 Å². The number of Topliss-reactive ketones (excluding diaryl/α,β-unsaturated/α-hetero) is 1. The minimum Gasteiger partial charge on any atom is -0.454 e. The second-order valence-corrected chi connectivity index (χ2v) is 9.83. The van der Waals surface area contributed by atoms with Gasteiger partial charge in [-0.3, -0.25) is 4.79 Å². The number of halogens is 1. The van der Waals surface area contributed by atoms with Crippen LogP contribution in [0.4, 0.5) is 0 Å². The van der Waals surface area contributed by atoms with Gasteiger partial charge in [-0.1, -0.05) is 98.8 Å². The van der Waals surface area contributed by atoms with Gasteiger partial charge < -0.3 is 4.74 Å². The zero-order chi connectivity index (χ0) is 26.2. The Morgan fingerprint density at radius 2 is 1.62 bits per heavy atom. The monoisotopic (exact) mass is 513 g/mol. The molecule has 0 aliphatic carbocycles. The Hall–Kier alpha value is -3.50. The highest BCUT2D eigenvalue weighted by atomic mass is 35.5. The number of carbonyl (C=O) groups is 2. The molecule has 0 fully saturated rings. The van der Waals surface area contributed by atoms with Crippen LogP contribution in [-0.4, -0.2) is 23.3 Å². The van der Waals surface area contributed by atoms with Crippen molar-refractivity contribution in [2.45, 2.75) is 52.4 Å². The van der Waals surface area contributed by atoms with Crippen molar-refractivity contribution >= 4 is 34.3 Å². The Labute approximate surface area is 223 Å². The normalized spacial score (nSPS) is 11.0. The van der Waals surface area contributed by atoms with E-state index in [9.17, 15) is 9.59 Å². The molecule has 0 amide bonds. The molecule has 1 aromatic heterocycles. The summed E-state index contributed by atoms with van der Waals surface area (Å²) in [5.74, 6) is -0.777. The summed E-state index contributed by atoms with van der Waals surface area (Å²) >= 11 is 6.04. The number of fused-ring (bicyclic) bond motifs is 1. The maximum absolute atomic E-state index is 13.2. The Bertz CT molecular complexity index is 1380. The highest BCUT2D eigenvalue weighted by Gasteiger charge is 2.18. The molecule has 0 saturated heterocycles. The highest BCUT2D eigenvalue weighted by molar-refractivity contribution is 6.30. The Kier molecular flexibility index (Phi) is 9.08. The van der Waals surface area contributed by atoms with E-state index in [4.69, 9.17) is 21.3 Å². The minimum atomic E-state index is -0.551. The molecule has 0 saturated carbocycles. The van der Waals surface area contributed by atoms with Crippen molar-refractivity contribution in [3.8, 4) is 11.3 Å². The van der Waals surface area contributed by atoms with E-state index in [-0.39, 0.29) is 12.4 Å². The van der Waals surface area contributed by atoms with Gasteiger partial charge in [-0.15, -0.1) is 0 Å². The summed E-state index contributed by atoms with van der Waals surface area (Å²) in [6.07, 6.45) is 7.19. The number of aryl methyl sites for hydroxylation is 2. The maximum Gasteiger partial charge on any atom is 0.339 e. The van der Waals surface area contributed by atoms with Crippen LogP contribution in [0.2, 0.25) is 5.02 Å². The first-order valence-corrected chi connectivity index (χ1v) is 13.3. The Morgan fingerprint density at radius 1 is 0.892 bits per heavy atom. The third-order valence-corrected chi connectivity index (χ3v) is 6.83. The minimum absolute atomic E-state index is 0.227. The number of benzene rings is 3. The summed E-state index contributed by atoms with van der Waals surface area (Å²) < 4.78 is 5.50. The molecule has 0 aliphatic rings. The van der Waals surface area contributed by atoms with Gasteiger partial charge in [0.25, 0.3) is 0 Å². The van der Waals surface area contributed by atoms with Crippen molar-refractivity contribution in [1.82, 2.24) is 4.98 Å². The molecule has 5 heteroatoms. The third-order valence-electron chi connectivity index (χ3n) is 6.58. The number of para-hydroxylation sites is 1. The fourth-order valence-electron chi connectivity index (χ4n) is 4.41. The van der Waals surface area contributed by atoms with Crippen LogP contribution in [0.1, 0.15) is 70.9 Å². The molecule has 0 aliphatic heterocycles. The maximum atomic E-state index is 13.2. The highest BCUT2D eigenvalue weighted by Crippen LogP contribution is 2.28. The molecule has 0 radical (unpaired) electrons. The van der Waals surface area contributed by atoms with E-state index in [1.165, 1.54) is 31.2 Å². The number of hydrogen-bond acceptors (Lipinski definition) is 4. The molecule has 0 unspecified atom stereocenters. The van der Waals surface area contributed by atoms with E-state index in [2.05, 4.69) is 6.92 Å². The van der Waals surface area contributed by atoms with Crippen LogP contribution >= 0.6 is 11.6 Å². The molecule has 3 aromatic carbocycles. The predicted molar refractivity (Wildman–Crippen MR) is 150 cm³/mol. The van der Waals surface area contributed by atoms with Crippen LogP contribution in [0.25, 0.3) is 22.2 Å². The number of ether oxygens (including phenoxy) is 1. The lowest BCUT2D eigenvalue weighted by atomic mass is 10.0. The lowest BCUT2D eigenvalue weighted by Crippen LogP contribution is -2.15. The number of esters is 1. The van der Waals surface area contributed by atoms with Gasteiger partial charge in [-0.05, 0) is 49.1 Å². The number of carbonyl (C=O) groups excluding carboxylic acids is 2. The molecule has 0 N–H and O–H groups in total. The number of hydrogen-bond donors (Lipinski definition) is 0. The average Bonchev–Trinajstić information content (AvgIpc) is 2.92. The third kappa shape index (κ3) is 6.84. The van der Waals surface area contributed by atoms with Crippen LogP contribution in [0.5, 0.6) is 0 Å². The van der Waals surface area contributed by atoms with E-state index in [0.717, 1.165) is 29.5 Å². The topological polar surface area (TPSA) is 56.3 Å². The molecular weight excluding hydrogens is 482 g/mol. The van der Waals surface area contributed by atoms with Crippen LogP contribution in [0, 0.1) is 6.92 Å². The van der Waals surface area contributed by atoms with E-state index >= 15 is 0 Å². The standard InChI is InChI=1S/C32H32ClNO3/c1-3-4-5-6-7-10-23-12-14-25(15-13-23)30(35)21-37-32(36)28-20-29(24-16-18-26(33)19-17-24)34-31-22(2)9-8-11-27(28)31/h8-9,11-20H,3-7,10,21H2,1-2H3. The molecule has 0 atom stereocenters. The number of aromatic nitrogens is 1. The van der Waals surface area contributed by atoms with Gasteiger partial charge in [0.1, 0.15) is 0 Å². The summed E-state index contributed by atoms with van der Waals surface area (Å²) in [6, 6.07) is 22.3. The van der Waals surface area contributed by atoms with Crippen molar-refractivity contribution in [2.75, 3.05) is 6.61 Å². The largest absolute Gasteiger partial charge is 0.454 e. The van der Waals surface area contributed by atoms with Gasteiger partial charge in [0.15, 0.2) is 12.4 Å². The molecule has 190 valence electrons. The SMILES string of the molecule is CCCCCCCc1ccc(C(=O)COC(=O)c2cc(-c3ccc(Cl)cc3)nc3c(C)cccc23)cc1. The van der Waals surface area contributed by atoms with Gasteiger partial charge >= 0.3 is 5.97 Å². The fraction of sp³-hybridized carbons (Fsp3) is 0.281. The van der Waals surface area contributed by atoms with E-state index in [1.54, 1.807) is 18.2 Å². The van der Waals surface area contributed by atoms with E-state index < -0.39 is 5.97 Å². The second-order valence-electron chi connectivity index (χ2n) is 9.39. The van der Waals surface area contributed by atoms with Gasteiger partial charge in [0.05, 0.1) is 16.8 Å². The number of nitrogens with zero attached hydrogens (tertiary/aromatic N) is 1. The first kappa shape index (κ1) is 26.6. The van der Waals surface area contributed by atoms with Crippen LogP contribution in [0.3, 0.4) is 0 Å². The van der Waals surface area contributed by atoms with Crippen molar-refractivity contribution in [3.05, 3.63) is 100 Å². The Balaban J connectivity index is 1.46. The summed E-state index contributed by atoms with van der Waals surface area (Å²) in [5, 5.41) is 1.32. The first-order chi connectivity index (χ1) is 18.0. The van der Waals surface area contributed by atoms with Gasteiger partial charge in [0.2, 0.25) is 0 Å². The molecular formula is C32H32ClNO3. The van der Waals surface area contributed by atoms with E-state index in [0.29, 0.717) is 27.2 Å². The van der Waals surface area contributed by atoms with Crippen LogP contribution in [0.15, 0.2) is 72.8 Å². The van der Waals surface area contributed by atoms with Crippen LogP contribution in [-0.2, 0) is 11.2 Å². The number of ketones is 1. The first-order valence-electron chi connectivity index (χ1n) is 12.9. The molecule has 4 rings (SSSR count). The number of rotatable bonds is 11. The summed E-state index contributed by atoms with van der Waals surface area (Å²) in [5.41, 5.74) is 5.29. The molecule has 4 nitrogen and oxygen atoms in total. The van der Waals surface area contributed by atoms with Crippen molar-refractivity contribution in [3.63, 3.8) is 0 Å². The quantitative estimate of drug-likeness (QED) is 0.115. The lowest BCUT2D eigenvalue weighted by Gasteiger charge is -2.12. The summed E-state index contributed by atoms with van der Waals surface area (Å²) in [7, 11) is 0. The zero-order valence-corrected chi connectivity index (χ0v) is 22.2. The lowest BCUT2D eigenvalue weighted by molar-refractivity contribution is 0.0476. The van der Waals surface area contributed by atoms with E-state index in [1.807, 2.05) is 61.5 Å². The molecule has 1 heterocycles. The zero-order valence-electron chi connectivity index (χ0n) is 21.4. The number of pyridine rings is 1. The van der Waals surface area contributed by atoms with Gasteiger partial charge in [0, 0.05) is 21.5 Å². The Morgan fingerprint density at radius 3 is 2.35 bits per heavy atom. The smallest absolute Gasteiger partial charge is 0.339 e. The number of unbranched alkanes of at least 4 members (excludes halogenated alkanes) is 4. The predicted octanol–water partition coefficient (Wildman–Crippen LogP) is 8.42. The molecule has 0 bridgehead atoms. The molecule has 4 aromatic rings.